The zero-order valence-electron chi connectivity index (χ0n) is 10.6. The van der Waals surface area contributed by atoms with E-state index in [0.29, 0.717) is 11.4 Å². The van der Waals surface area contributed by atoms with Crippen molar-refractivity contribution in [2.75, 3.05) is 18.2 Å². The molecular weight excluding hydrogens is 326 g/mol. The molecule has 2 aromatic rings. The predicted molar refractivity (Wildman–Crippen MR) is 81.5 cm³/mol. The van der Waals surface area contributed by atoms with Crippen LogP contribution in [0.15, 0.2) is 40.9 Å². The van der Waals surface area contributed by atoms with Crippen LogP contribution in [0.2, 0.25) is 0 Å². The number of nitro benzene ring substituents is 1. The van der Waals surface area contributed by atoms with Gasteiger partial charge in [-0.25, -0.2) is 0 Å². The van der Waals surface area contributed by atoms with Gasteiger partial charge in [0.1, 0.15) is 11.4 Å². The Labute approximate surface area is 123 Å². The van der Waals surface area contributed by atoms with Gasteiger partial charge in [-0.15, -0.1) is 0 Å². The van der Waals surface area contributed by atoms with Crippen molar-refractivity contribution < 1.29 is 9.66 Å². The highest BCUT2D eigenvalue weighted by atomic mass is 79.9. The van der Waals surface area contributed by atoms with E-state index in [1.807, 2.05) is 12.1 Å². The molecule has 0 aliphatic heterocycles. The highest BCUT2D eigenvalue weighted by molar-refractivity contribution is 9.10. The number of benzene rings is 2. The van der Waals surface area contributed by atoms with Crippen LogP contribution in [0.1, 0.15) is 0 Å². The van der Waals surface area contributed by atoms with Gasteiger partial charge in [-0.05, 0) is 30.3 Å². The number of ether oxygens (including phenoxy) is 1. The molecule has 0 bridgehead atoms. The van der Waals surface area contributed by atoms with Crippen LogP contribution >= 0.6 is 15.9 Å². The molecule has 6 nitrogen and oxygen atoms in total. The van der Waals surface area contributed by atoms with Gasteiger partial charge < -0.3 is 15.8 Å². The first-order chi connectivity index (χ1) is 9.51. The third-order valence-electron chi connectivity index (χ3n) is 2.66. The van der Waals surface area contributed by atoms with Crippen molar-refractivity contribution in [2.45, 2.75) is 0 Å². The van der Waals surface area contributed by atoms with Crippen LogP contribution in [0.25, 0.3) is 0 Å². The molecule has 0 saturated heterocycles. The molecule has 0 heterocycles. The molecular formula is C13H12BrN3O3. The first-order valence-electron chi connectivity index (χ1n) is 5.65. The number of hydrogen-bond donors (Lipinski definition) is 2. The fourth-order valence-corrected chi connectivity index (χ4v) is 2.09. The maximum absolute atomic E-state index is 10.7. The Bertz CT molecular complexity index is 661. The van der Waals surface area contributed by atoms with Gasteiger partial charge in [-0.1, -0.05) is 15.9 Å². The summed E-state index contributed by atoms with van der Waals surface area (Å²) < 4.78 is 6.13. The number of nitrogens with two attached hydrogens (primary N) is 1. The lowest BCUT2D eigenvalue weighted by Crippen LogP contribution is -1.98. The van der Waals surface area contributed by atoms with Crippen molar-refractivity contribution >= 4 is 38.7 Å². The molecule has 0 fully saturated rings. The molecule has 0 radical (unpaired) electrons. The second-order valence-electron chi connectivity index (χ2n) is 4.00. The molecule has 0 saturated carbocycles. The van der Waals surface area contributed by atoms with E-state index in [1.165, 1.54) is 12.1 Å². The maximum Gasteiger partial charge on any atom is 0.292 e. The fourth-order valence-electron chi connectivity index (χ4n) is 1.73. The molecule has 0 aromatic heterocycles. The second-order valence-corrected chi connectivity index (χ2v) is 4.92. The summed E-state index contributed by atoms with van der Waals surface area (Å²) in [7, 11) is 1.57. The Morgan fingerprint density at radius 2 is 2.05 bits per heavy atom. The molecule has 3 N–H and O–H groups in total. The van der Waals surface area contributed by atoms with Gasteiger partial charge in [0.15, 0.2) is 0 Å². The van der Waals surface area contributed by atoms with Gasteiger partial charge in [0.05, 0.1) is 17.7 Å². The third-order valence-corrected chi connectivity index (χ3v) is 3.16. The highest BCUT2D eigenvalue weighted by Crippen LogP contribution is 2.32. The smallest absolute Gasteiger partial charge is 0.292 e. The number of halogens is 1. The van der Waals surface area contributed by atoms with Gasteiger partial charge in [-0.3, -0.25) is 10.1 Å². The first kappa shape index (κ1) is 14.1. The van der Waals surface area contributed by atoms with Crippen molar-refractivity contribution in [1.29, 1.82) is 0 Å². The molecule has 0 spiro atoms. The van der Waals surface area contributed by atoms with E-state index in [2.05, 4.69) is 21.2 Å². The van der Waals surface area contributed by atoms with E-state index in [-0.39, 0.29) is 11.4 Å². The molecule has 7 heteroatoms. The number of rotatable bonds is 4. The summed E-state index contributed by atoms with van der Waals surface area (Å²) in [5.41, 5.74) is 7.02. The van der Waals surface area contributed by atoms with E-state index < -0.39 is 4.92 Å². The van der Waals surface area contributed by atoms with Crippen molar-refractivity contribution in [3.63, 3.8) is 0 Å². The molecule has 20 heavy (non-hydrogen) atoms. The van der Waals surface area contributed by atoms with Crippen LogP contribution in [0.5, 0.6) is 5.75 Å². The molecule has 0 aliphatic carbocycles. The van der Waals surface area contributed by atoms with Crippen molar-refractivity contribution in [2.24, 2.45) is 0 Å². The zero-order valence-corrected chi connectivity index (χ0v) is 12.2. The van der Waals surface area contributed by atoms with Gasteiger partial charge >= 0.3 is 0 Å². The SMILES string of the molecule is COc1ccc(Br)cc1Nc1ccc([N+](=O)[O-])c(N)c1. The van der Waals surface area contributed by atoms with Crippen molar-refractivity contribution in [1.82, 2.24) is 0 Å². The number of methoxy groups -OCH3 is 1. The number of nitrogen functional groups attached to an aromatic ring is 1. The van der Waals surface area contributed by atoms with Crippen LogP contribution in [0, 0.1) is 10.1 Å². The fraction of sp³-hybridized carbons (Fsp3) is 0.0769. The minimum absolute atomic E-state index is 0.106. The lowest BCUT2D eigenvalue weighted by atomic mass is 10.2. The third kappa shape index (κ3) is 3.00. The van der Waals surface area contributed by atoms with Crippen LogP contribution in [-0.4, -0.2) is 12.0 Å². The number of nitrogens with one attached hydrogen (secondary N) is 1. The second kappa shape index (κ2) is 5.79. The zero-order chi connectivity index (χ0) is 14.7. The number of nitrogens with zero attached hydrogens (tertiary/aromatic N) is 1. The van der Waals surface area contributed by atoms with Crippen LogP contribution in [-0.2, 0) is 0 Å². The topological polar surface area (TPSA) is 90.4 Å². The largest absolute Gasteiger partial charge is 0.495 e. The summed E-state index contributed by atoms with van der Waals surface area (Å²) >= 11 is 3.37. The van der Waals surface area contributed by atoms with Crippen LogP contribution in [0.4, 0.5) is 22.7 Å². The molecule has 104 valence electrons. The summed E-state index contributed by atoms with van der Waals surface area (Å²) in [6.07, 6.45) is 0. The normalized spacial score (nSPS) is 10.1. The maximum atomic E-state index is 10.7. The summed E-state index contributed by atoms with van der Waals surface area (Å²) in [6.45, 7) is 0. The predicted octanol–water partition coefficient (Wildman–Crippen LogP) is 3.69. The first-order valence-corrected chi connectivity index (χ1v) is 6.45. The van der Waals surface area contributed by atoms with Crippen molar-refractivity contribution in [3.05, 3.63) is 51.0 Å². The lowest BCUT2D eigenvalue weighted by Gasteiger charge is -2.12. The Kier molecular flexibility index (Phi) is 4.09. The van der Waals surface area contributed by atoms with Crippen LogP contribution < -0.4 is 15.8 Å². The van der Waals surface area contributed by atoms with E-state index in [4.69, 9.17) is 10.5 Å². The minimum Gasteiger partial charge on any atom is -0.495 e. The molecule has 0 amide bonds. The van der Waals surface area contributed by atoms with E-state index >= 15 is 0 Å². The Morgan fingerprint density at radius 1 is 1.30 bits per heavy atom. The average Bonchev–Trinajstić information content (AvgIpc) is 2.38. The molecule has 0 atom stereocenters. The number of hydrogen-bond acceptors (Lipinski definition) is 5. The standard InChI is InChI=1S/C13H12BrN3O3/c1-20-13-5-2-8(14)6-11(13)16-9-3-4-12(17(18)19)10(15)7-9/h2-7,16H,15H2,1H3. The summed E-state index contributed by atoms with van der Waals surface area (Å²) in [4.78, 5) is 10.2. The summed E-state index contributed by atoms with van der Waals surface area (Å²) in [6, 6.07) is 9.97. The van der Waals surface area contributed by atoms with Crippen molar-refractivity contribution in [3.8, 4) is 5.75 Å². The Morgan fingerprint density at radius 3 is 2.65 bits per heavy atom. The lowest BCUT2D eigenvalue weighted by molar-refractivity contribution is -0.383. The van der Waals surface area contributed by atoms with Crippen LogP contribution in [0.3, 0.4) is 0 Å². The van der Waals surface area contributed by atoms with Gasteiger partial charge in [0.25, 0.3) is 5.69 Å². The van der Waals surface area contributed by atoms with E-state index in [9.17, 15) is 10.1 Å². The monoisotopic (exact) mass is 337 g/mol. The summed E-state index contributed by atoms with van der Waals surface area (Å²) in [5, 5.41) is 13.8. The minimum atomic E-state index is -0.515. The Balaban J connectivity index is 2.33. The number of nitro groups is 1. The van der Waals surface area contributed by atoms with Gasteiger partial charge in [0.2, 0.25) is 0 Å². The van der Waals surface area contributed by atoms with Gasteiger partial charge in [-0.2, -0.15) is 0 Å². The van der Waals surface area contributed by atoms with E-state index in [1.54, 1.807) is 19.2 Å². The summed E-state index contributed by atoms with van der Waals surface area (Å²) in [5.74, 6) is 0.658. The highest BCUT2D eigenvalue weighted by Gasteiger charge is 2.12. The van der Waals surface area contributed by atoms with Gasteiger partial charge in [0, 0.05) is 16.2 Å². The Hall–Kier alpha value is -2.28. The average molecular weight is 338 g/mol. The quantitative estimate of drug-likeness (QED) is 0.504. The molecule has 0 unspecified atom stereocenters. The molecule has 2 rings (SSSR count). The van der Waals surface area contributed by atoms with E-state index in [0.717, 1.165) is 10.2 Å². The molecule has 0 aliphatic rings. The number of anilines is 3. The molecule has 2 aromatic carbocycles.